The Bertz CT molecular complexity index is 1710. The molecule has 5 heterocycles. The number of nitrogens with zero attached hydrogens (tertiary/aromatic N) is 8. The molecule has 43 heavy (non-hydrogen) atoms. The van der Waals surface area contributed by atoms with Gasteiger partial charge in [0.1, 0.15) is 40.0 Å². The number of amides is 1. The van der Waals surface area contributed by atoms with Gasteiger partial charge < -0.3 is 14.4 Å². The van der Waals surface area contributed by atoms with Crippen molar-refractivity contribution < 1.29 is 23.0 Å². The molecule has 2 fully saturated rings. The number of likely N-dealkylation sites (tertiary alicyclic amines) is 1. The van der Waals surface area contributed by atoms with Crippen molar-refractivity contribution in [2.24, 2.45) is 0 Å². The van der Waals surface area contributed by atoms with Crippen molar-refractivity contribution in [2.45, 2.75) is 76.8 Å². The predicted molar refractivity (Wildman–Crippen MR) is 150 cm³/mol. The summed E-state index contributed by atoms with van der Waals surface area (Å²) in [6.45, 7) is 8.51. The van der Waals surface area contributed by atoms with E-state index < -0.39 is 23.2 Å². The van der Waals surface area contributed by atoms with Crippen molar-refractivity contribution in [2.75, 3.05) is 13.1 Å². The second kappa shape index (κ2) is 10.6. The van der Waals surface area contributed by atoms with Crippen LogP contribution in [0.3, 0.4) is 0 Å². The van der Waals surface area contributed by atoms with Gasteiger partial charge in [0.2, 0.25) is 0 Å². The van der Waals surface area contributed by atoms with Gasteiger partial charge in [-0.1, -0.05) is 5.21 Å². The van der Waals surface area contributed by atoms with E-state index in [9.17, 15) is 14.4 Å². The Morgan fingerprint density at radius 2 is 1.95 bits per heavy atom. The summed E-state index contributed by atoms with van der Waals surface area (Å²) in [5, 5.41) is 23.0. The molecule has 0 bridgehead atoms. The highest BCUT2D eigenvalue weighted by Gasteiger charge is 2.53. The first-order valence-corrected chi connectivity index (χ1v) is 14.2. The average Bonchev–Trinajstić information content (AvgIpc) is 3.39. The smallest absolute Gasteiger partial charge is 0.410 e. The number of nitriles is 1. The Morgan fingerprint density at radius 3 is 2.58 bits per heavy atom. The highest BCUT2D eigenvalue weighted by molar-refractivity contribution is 5.75. The minimum absolute atomic E-state index is 0.0319. The Balaban J connectivity index is 1.30. The zero-order chi connectivity index (χ0) is 30.5. The molecule has 0 spiro atoms. The van der Waals surface area contributed by atoms with E-state index in [-0.39, 0.29) is 42.0 Å². The Morgan fingerprint density at radius 1 is 1.21 bits per heavy atom. The first-order chi connectivity index (χ1) is 20.5. The van der Waals surface area contributed by atoms with E-state index in [0.29, 0.717) is 42.7 Å². The number of aromatic nitrogens is 6. The Labute approximate surface area is 247 Å². The van der Waals surface area contributed by atoms with Crippen LogP contribution in [0.1, 0.15) is 75.6 Å². The number of rotatable bonds is 6. The molecule has 1 unspecified atom stereocenters. The van der Waals surface area contributed by atoms with Gasteiger partial charge in [-0.2, -0.15) is 10.4 Å². The molecule has 4 aromatic rings. The maximum atomic E-state index is 15.6. The zero-order valence-electron chi connectivity index (χ0n) is 24.4. The van der Waals surface area contributed by atoms with Crippen molar-refractivity contribution in [3.05, 3.63) is 59.6 Å². The van der Waals surface area contributed by atoms with Crippen LogP contribution in [0.2, 0.25) is 0 Å². The molecule has 11 nitrogen and oxygen atoms in total. The number of piperidine rings is 1. The lowest BCUT2D eigenvalue weighted by Crippen LogP contribution is -2.42. The van der Waals surface area contributed by atoms with Crippen molar-refractivity contribution in [1.29, 1.82) is 5.26 Å². The molecular weight excluding hydrogens is 558 g/mol. The number of hydrogen-bond acceptors (Lipinski definition) is 8. The van der Waals surface area contributed by atoms with Crippen LogP contribution in [0.4, 0.5) is 13.6 Å². The van der Waals surface area contributed by atoms with Gasteiger partial charge in [0.15, 0.2) is 11.8 Å². The number of alkyl halides is 1. The maximum Gasteiger partial charge on any atom is 0.410 e. The van der Waals surface area contributed by atoms with E-state index in [1.54, 1.807) is 17.2 Å². The quantitative estimate of drug-likeness (QED) is 0.288. The molecule has 0 N–H and O–H groups in total. The summed E-state index contributed by atoms with van der Waals surface area (Å²) in [6.07, 6.45) is 4.66. The molecule has 1 saturated carbocycles. The second-order valence-electron chi connectivity index (χ2n) is 12.2. The van der Waals surface area contributed by atoms with Crippen LogP contribution in [-0.4, -0.2) is 64.9 Å². The van der Waals surface area contributed by atoms with Crippen LogP contribution >= 0.6 is 0 Å². The second-order valence-corrected chi connectivity index (χ2v) is 12.2. The largest absolute Gasteiger partial charge is 0.478 e. The fourth-order valence-corrected chi connectivity index (χ4v) is 5.44. The van der Waals surface area contributed by atoms with E-state index in [1.807, 2.05) is 32.4 Å². The molecule has 0 aromatic carbocycles. The normalized spacial score (nSPS) is 17.5. The van der Waals surface area contributed by atoms with Crippen molar-refractivity contribution >= 4 is 11.6 Å². The van der Waals surface area contributed by atoms with Crippen LogP contribution in [0.5, 0.6) is 5.75 Å². The summed E-state index contributed by atoms with van der Waals surface area (Å²) in [7, 11) is 0. The molecular formula is C30H32F2N8O3. The third kappa shape index (κ3) is 5.61. The summed E-state index contributed by atoms with van der Waals surface area (Å²) in [5.74, 6) is -0.307. The van der Waals surface area contributed by atoms with Gasteiger partial charge in [-0.25, -0.2) is 22.8 Å². The number of hydrogen-bond donors (Lipinski definition) is 0. The third-order valence-corrected chi connectivity index (χ3v) is 7.82. The van der Waals surface area contributed by atoms with Crippen LogP contribution in [0, 0.1) is 24.1 Å². The molecule has 1 saturated heterocycles. The van der Waals surface area contributed by atoms with Crippen molar-refractivity contribution in [1.82, 2.24) is 34.5 Å². The third-order valence-electron chi connectivity index (χ3n) is 7.82. The summed E-state index contributed by atoms with van der Waals surface area (Å²) < 4.78 is 44.4. The van der Waals surface area contributed by atoms with Crippen LogP contribution in [0.25, 0.3) is 16.8 Å². The summed E-state index contributed by atoms with van der Waals surface area (Å²) in [6, 6.07) is 6.48. The molecule has 1 atom stereocenters. The minimum Gasteiger partial charge on any atom is -0.478 e. The number of carbonyl (C=O) groups excluding carboxylic acids is 1. The first-order valence-electron chi connectivity index (χ1n) is 14.2. The highest BCUT2D eigenvalue weighted by atomic mass is 19.1. The maximum absolute atomic E-state index is 15.6. The van der Waals surface area contributed by atoms with Gasteiger partial charge >= 0.3 is 6.09 Å². The Hall–Kier alpha value is -4.60. The fourth-order valence-electron chi connectivity index (χ4n) is 5.44. The van der Waals surface area contributed by atoms with E-state index in [4.69, 9.17) is 9.47 Å². The molecule has 1 aliphatic heterocycles. The van der Waals surface area contributed by atoms with Crippen molar-refractivity contribution in [3.8, 4) is 23.1 Å². The summed E-state index contributed by atoms with van der Waals surface area (Å²) in [5.41, 5.74) is 0.648. The molecule has 4 aromatic heterocycles. The van der Waals surface area contributed by atoms with E-state index in [2.05, 4.69) is 26.5 Å². The topological polar surface area (TPSA) is 123 Å². The van der Waals surface area contributed by atoms with Crippen LogP contribution in [0.15, 0.2) is 36.8 Å². The zero-order valence-corrected chi connectivity index (χ0v) is 24.4. The highest BCUT2D eigenvalue weighted by Crippen LogP contribution is 2.51. The molecule has 13 heteroatoms. The van der Waals surface area contributed by atoms with Gasteiger partial charge in [-0.15, -0.1) is 5.10 Å². The van der Waals surface area contributed by atoms with Crippen molar-refractivity contribution in [3.63, 3.8) is 0 Å². The molecule has 6 rings (SSSR count). The van der Waals surface area contributed by atoms with Gasteiger partial charge in [0, 0.05) is 24.8 Å². The predicted octanol–water partition coefficient (Wildman–Crippen LogP) is 5.50. The molecule has 2 aliphatic rings. The Kier molecular flexibility index (Phi) is 7.02. The van der Waals surface area contributed by atoms with Crippen LogP contribution < -0.4 is 4.74 Å². The molecule has 1 aliphatic carbocycles. The van der Waals surface area contributed by atoms with E-state index in [0.717, 1.165) is 11.9 Å². The monoisotopic (exact) mass is 590 g/mol. The number of halogens is 2. The van der Waals surface area contributed by atoms with Gasteiger partial charge in [0.25, 0.3) is 0 Å². The minimum atomic E-state index is -1.67. The van der Waals surface area contributed by atoms with Gasteiger partial charge in [0.05, 0.1) is 29.8 Å². The van der Waals surface area contributed by atoms with Crippen LogP contribution in [-0.2, 0) is 4.74 Å². The van der Waals surface area contributed by atoms with Gasteiger partial charge in [-0.3, -0.25) is 4.98 Å². The fraction of sp³-hybridized carbons (Fsp3) is 0.467. The summed E-state index contributed by atoms with van der Waals surface area (Å²) >= 11 is 0. The van der Waals surface area contributed by atoms with Gasteiger partial charge in [-0.05, 0) is 71.6 Å². The summed E-state index contributed by atoms with van der Waals surface area (Å²) in [4.78, 5) is 18.3. The average molecular weight is 591 g/mol. The van der Waals surface area contributed by atoms with E-state index in [1.165, 1.54) is 22.8 Å². The molecule has 224 valence electrons. The lowest BCUT2D eigenvalue weighted by atomic mass is 10.0. The number of pyridine rings is 2. The standard InChI is InChI=1S/C30H32F2N8O3/c1-18-25(36-37-40(18)22-7-11-38(12-8-22)28(41)43-29(2,3)4)19-13-24(26-20(14-33)15-35-39(26)17-19)42-27(30(32)9-10-30)23-6-5-21(31)16-34-23/h5-6,13,15-17,22,27H,7-12H2,1-4H3. The molecule has 0 radical (unpaired) electrons. The SMILES string of the molecule is Cc1c(-c2cc(OC(c3ccc(F)cn3)C3(F)CC3)c3c(C#N)cnn3c2)nnn1C1CCN(C(=O)OC(C)(C)C)CC1. The first kappa shape index (κ1) is 28.5. The number of ether oxygens (including phenoxy) is 2. The molecule has 1 amide bonds. The van der Waals surface area contributed by atoms with E-state index >= 15 is 4.39 Å². The lowest BCUT2D eigenvalue weighted by Gasteiger charge is -2.33. The number of fused-ring (bicyclic) bond motifs is 1. The number of carbonyl (C=O) groups is 1. The lowest BCUT2D eigenvalue weighted by molar-refractivity contribution is 0.0183.